The Bertz CT molecular complexity index is 827. The number of ether oxygens (including phenoxy) is 2. The van der Waals surface area contributed by atoms with E-state index in [2.05, 4.69) is 0 Å². The summed E-state index contributed by atoms with van der Waals surface area (Å²) < 4.78 is 10.7. The zero-order valence-corrected chi connectivity index (χ0v) is 15.9. The van der Waals surface area contributed by atoms with Gasteiger partial charge in [-0.2, -0.15) is 0 Å². The fraction of sp³-hybridized carbons (Fsp3) is 0.286. The average Bonchev–Trinajstić information content (AvgIpc) is 2.72. The molecule has 3 rings (SSSR count). The summed E-state index contributed by atoms with van der Waals surface area (Å²) in [6.45, 7) is 2.14. The summed E-state index contributed by atoms with van der Waals surface area (Å²) in [4.78, 5) is 14.6. The van der Waals surface area contributed by atoms with Gasteiger partial charge in [-0.1, -0.05) is 35.9 Å². The standard InChI is InChI=1S/C21H22ClNO4/c1-26-20-12-16(2-3-17(20)14-24)19(15-4-6-18(22)7-5-15)13-21(25)23-8-10-27-11-9-23/h2-7,12-13,24H,8-11,14H2,1H3. The molecule has 1 aliphatic rings. The van der Waals surface area contributed by atoms with Gasteiger partial charge < -0.3 is 19.5 Å². The number of morpholine rings is 1. The summed E-state index contributed by atoms with van der Waals surface area (Å²) in [5.74, 6) is 0.516. The van der Waals surface area contributed by atoms with Gasteiger partial charge in [0.2, 0.25) is 5.91 Å². The van der Waals surface area contributed by atoms with Crippen molar-refractivity contribution in [3.8, 4) is 5.75 Å². The van der Waals surface area contributed by atoms with Gasteiger partial charge in [-0.15, -0.1) is 0 Å². The average molecular weight is 388 g/mol. The number of aliphatic hydroxyl groups is 1. The Morgan fingerprint density at radius 1 is 1.19 bits per heavy atom. The Morgan fingerprint density at radius 3 is 2.48 bits per heavy atom. The minimum absolute atomic E-state index is 0.0616. The van der Waals surface area contributed by atoms with Crippen LogP contribution in [-0.2, 0) is 16.1 Å². The van der Waals surface area contributed by atoms with Gasteiger partial charge in [0.05, 0.1) is 26.9 Å². The van der Waals surface area contributed by atoms with E-state index in [1.807, 2.05) is 24.3 Å². The van der Waals surface area contributed by atoms with E-state index in [4.69, 9.17) is 21.1 Å². The van der Waals surface area contributed by atoms with Crippen molar-refractivity contribution in [1.82, 2.24) is 4.90 Å². The largest absolute Gasteiger partial charge is 0.496 e. The molecule has 0 spiro atoms. The highest BCUT2D eigenvalue weighted by Gasteiger charge is 2.17. The second kappa shape index (κ2) is 9.04. The van der Waals surface area contributed by atoms with Gasteiger partial charge >= 0.3 is 0 Å². The Morgan fingerprint density at radius 2 is 1.85 bits per heavy atom. The number of carbonyl (C=O) groups is 1. The molecule has 27 heavy (non-hydrogen) atoms. The van der Waals surface area contributed by atoms with Crippen LogP contribution in [0.3, 0.4) is 0 Å². The number of rotatable bonds is 5. The minimum atomic E-state index is -0.115. The van der Waals surface area contributed by atoms with Crippen molar-refractivity contribution in [2.75, 3.05) is 33.4 Å². The van der Waals surface area contributed by atoms with Crippen molar-refractivity contribution < 1.29 is 19.4 Å². The van der Waals surface area contributed by atoms with Crippen LogP contribution in [0.4, 0.5) is 0 Å². The molecule has 0 aromatic heterocycles. The maximum atomic E-state index is 12.8. The molecular formula is C21H22ClNO4. The molecule has 0 saturated carbocycles. The normalized spacial score (nSPS) is 14.9. The fourth-order valence-electron chi connectivity index (χ4n) is 3.00. The lowest BCUT2D eigenvalue weighted by molar-refractivity contribution is -0.129. The van der Waals surface area contributed by atoms with Crippen LogP contribution in [0.25, 0.3) is 5.57 Å². The number of hydrogen-bond donors (Lipinski definition) is 1. The molecule has 142 valence electrons. The number of hydrogen-bond acceptors (Lipinski definition) is 4. The summed E-state index contributed by atoms with van der Waals surface area (Å²) in [5.41, 5.74) is 3.16. The van der Waals surface area contributed by atoms with E-state index in [-0.39, 0.29) is 12.5 Å². The number of methoxy groups -OCH3 is 1. The third kappa shape index (κ3) is 4.69. The van der Waals surface area contributed by atoms with Crippen LogP contribution < -0.4 is 4.74 Å². The van der Waals surface area contributed by atoms with Crippen LogP contribution in [0.15, 0.2) is 48.5 Å². The Labute approximate surface area is 163 Å². The summed E-state index contributed by atoms with van der Waals surface area (Å²) in [6, 6.07) is 12.9. The molecule has 0 radical (unpaired) electrons. The number of benzene rings is 2. The molecule has 1 heterocycles. The van der Waals surface area contributed by atoms with Crippen LogP contribution in [0.2, 0.25) is 5.02 Å². The topological polar surface area (TPSA) is 59.0 Å². The quantitative estimate of drug-likeness (QED) is 0.801. The van der Waals surface area contributed by atoms with E-state index < -0.39 is 0 Å². The van der Waals surface area contributed by atoms with Crippen molar-refractivity contribution in [3.05, 3.63) is 70.3 Å². The maximum Gasteiger partial charge on any atom is 0.247 e. The van der Waals surface area contributed by atoms with Crippen LogP contribution in [-0.4, -0.2) is 49.3 Å². The van der Waals surface area contributed by atoms with Crippen LogP contribution in [0.1, 0.15) is 16.7 Å². The number of nitrogens with zero attached hydrogens (tertiary/aromatic N) is 1. The maximum absolute atomic E-state index is 12.8. The van der Waals surface area contributed by atoms with E-state index in [0.29, 0.717) is 42.6 Å². The third-order valence-corrected chi connectivity index (χ3v) is 4.77. The second-order valence-electron chi connectivity index (χ2n) is 6.19. The van der Waals surface area contributed by atoms with Gasteiger partial charge in [-0.05, 0) is 34.9 Å². The van der Waals surface area contributed by atoms with Gasteiger partial charge in [0.25, 0.3) is 0 Å². The molecule has 0 bridgehead atoms. The molecule has 6 heteroatoms. The van der Waals surface area contributed by atoms with Crippen LogP contribution in [0.5, 0.6) is 5.75 Å². The van der Waals surface area contributed by atoms with Crippen molar-refractivity contribution in [1.29, 1.82) is 0 Å². The molecular weight excluding hydrogens is 366 g/mol. The first-order chi connectivity index (χ1) is 13.1. The SMILES string of the molecule is COc1cc(C(=CC(=O)N2CCOCC2)c2ccc(Cl)cc2)ccc1CO. The number of amides is 1. The van der Waals surface area contributed by atoms with Crippen molar-refractivity contribution >= 4 is 23.1 Å². The number of halogens is 1. The molecule has 1 aliphatic heterocycles. The molecule has 5 nitrogen and oxygen atoms in total. The highest BCUT2D eigenvalue weighted by molar-refractivity contribution is 6.30. The highest BCUT2D eigenvalue weighted by atomic mass is 35.5. The third-order valence-electron chi connectivity index (χ3n) is 4.51. The Kier molecular flexibility index (Phi) is 6.50. The molecule has 2 aromatic carbocycles. The lowest BCUT2D eigenvalue weighted by Gasteiger charge is -2.26. The molecule has 1 fully saturated rings. The van der Waals surface area contributed by atoms with E-state index in [0.717, 1.165) is 16.7 Å². The zero-order valence-electron chi connectivity index (χ0n) is 15.2. The second-order valence-corrected chi connectivity index (χ2v) is 6.62. The summed E-state index contributed by atoms with van der Waals surface area (Å²) >= 11 is 6.02. The van der Waals surface area contributed by atoms with E-state index in [9.17, 15) is 9.90 Å². The van der Waals surface area contributed by atoms with Crippen LogP contribution >= 0.6 is 11.6 Å². The predicted octanol–water partition coefficient (Wildman–Crippen LogP) is 3.13. The van der Waals surface area contributed by atoms with E-state index in [1.165, 1.54) is 0 Å². The van der Waals surface area contributed by atoms with Crippen molar-refractivity contribution in [3.63, 3.8) is 0 Å². The highest BCUT2D eigenvalue weighted by Crippen LogP contribution is 2.30. The molecule has 1 amide bonds. The predicted molar refractivity (Wildman–Crippen MR) is 105 cm³/mol. The van der Waals surface area contributed by atoms with Gasteiger partial charge in [0, 0.05) is 29.8 Å². The summed E-state index contributed by atoms with van der Waals surface area (Å²) in [6.07, 6.45) is 1.64. The molecule has 2 aromatic rings. The Hall–Kier alpha value is -2.34. The minimum Gasteiger partial charge on any atom is -0.496 e. The lowest BCUT2D eigenvalue weighted by atomic mass is 9.96. The first-order valence-corrected chi connectivity index (χ1v) is 9.12. The molecule has 1 N–H and O–H groups in total. The summed E-state index contributed by atoms with van der Waals surface area (Å²) in [5, 5.41) is 10.1. The number of aliphatic hydroxyl groups excluding tert-OH is 1. The monoisotopic (exact) mass is 387 g/mol. The molecule has 0 atom stereocenters. The molecule has 0 unspecified atom stereocenters. The molecule has 1 saturated heterocycles. The van der Waals surface area contributed by atoms with Gasteiger partial charge in [-0.3, -0.25) is 4.79 Å². The van der Waals surface area contributed by atoms with Gasteiger partial charge in [-0.25, -0.2) is 0 Å². The zero-order chi connectivity index (χ0) is 19.2. The smallest absolute Gasteiger partial charge is 0.247 e. The van der Waals surface area contributed by atoms with Crippen LogP contribution in [0, 0.1) is 0 Å². The van der Waals surface area contributed by atoms with Gasteiger partial charge in [0.15, 0.2) is 0 Å². The van der Waals surface area contributed by atoms with Crippen molar-refractivity contribution in [2.45, 2.75) is 6.61 Å². The first kappa shape index (κ1) is 19.4. The number of carbonyl (C=O) groups excluding carboxylic acids is 1. The Balaban J connectivity index is 2.03. The first-order valence-electron chi connectivity index (χ1n) is 8.75. The summed E-state index contributed by atoms with van der Waals surface area (Å²) in [7, 11) is 1.56. The molecule has 0 aliphatic carbocycles. The van der Waals surface area contributed by atoms with E-state index >= 15 is 0 Å². The van der Waals surface area contributed by atoms with E-state index in [1.54, 1.807) is 36.3 Å². The lowest BCUT2D eigenvalue weighted by Crippen LogP contribution is -2.39. The van der Waals surface area contributed by atoms with Crippen molar-refractivity contribution in [2.24, 2.45) is 0 Å². The fourth-order valence-corrected chi connectivity index (χ4v) is 3.13. The van der Waals surface area contributed by atoms with Gasteiger partial charge in [0.1, 0.15) is 5.75 Å².